The molecule has 29 heavy (non-hydrogen) atoms. The van der Waals surface area contributed by atoms with E-state index in [9.17, 15) is 4.79 Å². The molecule has 2 aromatic rings. The third kappa shape index (κ3) is 5.94. The van der Waals surface area contributed by atoms with Gasteiger partial charge in [0.15, 0.2) is 5.96 Å². The zero-order valence-corrected chi connectivity index (χ0v) is 17.4. The molecule has 1 aliphatic heterocycles. The number of hydrogen-bond donors (Lipinski definition) is 2. The Morgan fingerprint density at radius 2 is 2.07 bits per heavy atom. The molecule has 1 atom stereocenters. The van der Waals surface area contributed by atoms with Gasteiger partial charge in [-0.15, -0.1) is 0 Å². The van der Waals surface area contributed by atoms with Crippen LogP contribution < -0.4 is 10.6 Å². The summed E-state index contributed by atoms with van der Waals surface area (Å²) in [6, 6.07) is 8.16. The van der Waals surface area contributed by atoms with E-state index in [1.54, 1.807) is 18.1 Å². The highest BCUT2D eigenvalue weighted by atomic mass is 16.6. The summed E-state index contributed by atoms with van der Waals surface area (Å²) < 4.78 is 7.06. The van der Waals surface area contributed by atoms with Crippen LogP contribution in [0.5, 0.6) is 0 Å². The number of carbonyl (C=O) groups is 1. The molecule has 1 aliphatic rings. The van der Waals surface area contributed by atoms with E-state index in [2.05, 4.69) is 30.6 Å². The van der Waals surface area contributed by atoms with Gasteiger partial charge in [0.25, 0.3) is 0 Å². The van der Waals surface area contributed by atoms with E-state index < -0.39 is 5.60 Å². The Balaban J connectivity index is 1.49. The monoisotopic (exact) mass is 399 g/mol. The number of hydrogen-bond acceptors (Lipinski definition) is 5. The fourth-order valence-corrected chi connectivity index (χ4v) is 3.17. The second kappa shape index (κ2) is 8.93. The van der Waals surface area contributed by atoms with Crippen LogP contribution in [-0.2, 0) is 11.3 Å². The van der Waals surface area contributed by atoms with Crippen LogP contribution in [-0.4, -0.2) is 63.5 Å². The third-order valence-corrected chi connectivity index (χ3v) is 4.49. The zero-order chi connectivity index (χ0) is 20.9. The topological polar surface area (TPSA) is 96.7 Å². The molecule has 2 heterocycles. The minimum atomic E-state index is -0.497. The molecule has 0 saturated carbocycles. The van der Waals surface area contributed by atoms with Gasteiger partial charge in [-0.3, -0.25) is 4.99 Å². The molecule has 0 radical (unpaired) electrons. The van der Waals surface area contributed by atoms with Crippen molar-refractivity contribution in [3.8, 4) is 5.69 Å². The second-order valence-electron chi connectivity index (χ2n) is 7.99. The summed E-state index contributed by atoms with van der Waals surface area (Å²) in [4.78, 5) is 22.5. The summed E-state index contributed by atoms with van der Waals surface area (Å²) in [6.07, 6.45) is 3.66. The molecular formula is C20H29N7O2. The number of alkyl carbamates (subject to hydrolysis) is 1. The molecule has 1 unspecified atom stereocenters. The number of nitrogens with one attached hydrogen (secondary N) is 2. The van der Waals surface area contributed by atoms with Crippen LogP contribution in [0.4, 0.5) is 4.79 Å². The number of nitrogens with zero attached hydrogens (tertiary/aromatic N) is 5. The number of amides is 1. The van der Waals surface area contributed by atoms with E-state index in [1.807, 2.05) is 45.0 Å². The van der Waals surface area contributed by atoms with Crippen LogP contribution in [0, 0.1) is 0 Å². The first-order valence-electron chi connectivity index (χ1n) is 9.73. The Bertz CT molecular complexity index is 826. The molecule has 1 aromatic heterocycles. The number of aliphatic imine (C=N–C) groups is 1. The van der Waals surface area contributed by atoms with Crippen LogP contribution in [0.15, 0.2) is 41.9 Å². The summed E-state index contributed by atoms with van der Waals surface area (Å²) in [5.74, 6) is 0.818. The SMILES string of the molecule is CN=C(NCc1ccc(-n2cncn2)cc1)N1CCC(NC(=O)OC(C)(C)C)C1. The summed E-state index contributed by atoms with van der Waals surface area (Å²) >= 11 is 0. The molecule has 1 amide bonds. The van der Waals surface area contributed by atoms with Crippen LogP contribution in [0.25, 0.3) is 5.69 Å². The van der Waals surface area contributed by atoms with Crippen molar-refractivity contribution in [1.82, 2.24) is 30.3 Å². The Labute approximate surface area is 171 Å². The first kappa shape index (κ1) is 20.6. The van der Waals surface area contributed by atoms with Gasteiger partial charge in [0.1, 0.15) is 18.3 Å². The van der Waals surface area contributed by atoms with E-state index in [1.165, 1.54) is 6.33 Å². The van der Waals surface area contributed by atoms with Gasteiger partial charge in [0, 0.05) is 26.7 Å². The van der Waals surface area contributed by atoms with Crippen LogP contribution in [0.2, 0.25) is 0 Å². The van der Waals surface area contributed by atoms with Gasteiger partial charge in [-0.1, -0.05) is 12.1 Å². The van der Waals surface area contributed by atoms with E-state index in [0.717, 1.165) is 30.2 Å². The lowest BCUT2D eigenvalue weighted by molar-refractivity contribution is 0.0507. The standard InChI is InChI=1S/C20H29N7O2/c1-20(2,3)29-19(28)25-16-9-10-26(12-16)18(21-4)23-11-15-5-7-17(8-6-15)27-14-22-13-24-27/h5-8,13-14,16H,9-12H2,1-4H3,(H,21,23)(H,25,28). The Hall–Kier alpha value is -3.10. The molecule has 0 aliphatic carbocycles. The van der Waals surface area contributed by atoms with Crippen molar-refractivity contribution in [2.24, 2.45) is 4.99 Å². The molecule has 1 fully saturated rings. The molecule has 2 N–H and O–H groups in total. The van der Waals surface area contributed by atoms with E-state index in [0.29, 0.717) is 13.1 Å². The maximum Gasteiger partial charge on any atom is 0.407 e. The maximum atomic E-state index is 12.0. The van der Waals surface area contributed by atoms with Crippen LogP contribution in [0.3, 0.4) is 0 Å². The number of benzene rings is 1. The summed E-state index contributed by atoms with van der Waals surface area (Å²) in [5.41, 5.74) is 1.60. The van der Waals surface area contributed by atoms with Crippen LogP contribution >= 0.6 is 0 Å². The highest BCUT2D eigenvalue weighted by Gasteiger charge is 2.27. The van der Waals surface area contributed by atoms with Crippen molar-refractivity contribution < 1.29 is 9.53 Å². The molecule has 9 heteroatoms. The molecule has 1 saturated heterocycles. The maximum absolute atomic E-state index is 12.0. The van der Waals surface area contributed by atoms with Crippen molar-refractivity contribution in [3.63, 3.8) is 0 Å². The van der Waals surface area contributed by atoms with Gasteiger partial charge < -0.3 is 20.3 Å². The highest BCUT2D eigenvalue weighted by Crippen LogP contribution is 2.13. The van der Waals surface area contributed by atoms with Gasteiger partial charge in [-0.2, -0.15) is 5.10 Å². The van der Waals surface area contributed by atoms with E-state index in [4.69, 9.17) is 4.74 Å². The summed E-state index contributed by atoms with van der Waals surface area (Å²) in [7, 11) is 1.77. The lowest BCUT2D eigenvalue weighted by Crippen LogP contribution is -2.44. The molecule has 0 spiro atoms. The molecule has 156 valence electrons. The molecule has 0 bridgehead atoms. The number of likely N-dealkylation sites (tertiary alicyclic amines) is 1. The Morgan fingerprint density at radius 3 is 2.69 bits per heavy atom. The third-order valence-electron chi connectivity index (χ3n) is 4.49. The number of rotatable bonds is 4. The van der Waals surface area contributed by atoms with Crippen molar-refractivity contribution in [2.45, 2.75) is 45.4 Å². The van der Waals surface area contributed by atoms with Crippen molar-refractivity contribution in [3.05, 3.63) is 42.5 Å². The number of guanidine groups is 1. The normalized spacial score (nSPS) is 17.3. The summed E-state index contributed by atoms with van der Waals surface area (Å²) in [5, 5.41) is 10.5. The van der Waals surface area contributed by atoms with Gasteiger partial charge in [-0.05, 0) is 44.9 Å². The molecule has 3 rings (SSSR count). The molecule has 9 nitrogen and oxygen atoms in total. The van der Waals surface area contributed by atoms with Crippen molar-refractivity contribution in [2.75, 3.05) is 20.1 Å². The molecule has 1 aromatic carbocycles. The van der Waals surface area contributed by atoms with E-state index >= 15 is 0 Å². The van der Waals surface area contributed by atoms with Gasteiger partial charge in [0.2, 0.25) is 0 Å². The first-order chi connectivity index (χ1) is 13.8. The summed E-state index contributed by atoms with van der Waals surface area (Å²) in [6.45, 7) is 7.76. The fourth-order valence-electron chi connectivity index (χ4n) is 3.17. The average Bonchev–Trinajstić information content (AvgIpc) is 3.33. The lowest BCUT2D eigenvalue weighted by Gasteiger charge is -2.23. The zero-order valence-electron chi connectivity index (χ0n) is 17.4. The minimum Gasteiger partial charge on any atom is -0.444 e. The lowest BCUT2D eigenvalue weighted by atomic mass is 10.2. The Morgan fingerprint density at radius 1 is 1.31 bits per heavy atom. The number of ether oxygens (including phenoxy) is 1. The Kier molecular flexibility index (Phi) is 6.36. The van der Waals surface area contributed by atoms with Gasteiger partial charge in [-0.25, -0.2) is 14.5 Å². The van der Waals surface area contributed by atoms with Gasteiger partial charge in [0.05, 0.1) is 11.7 Å². The average molecular weight is 399 g/mol. The number of aromatic nitrogens is 3. The van der Waals surface area contributed by atoms with Crippen molar-refractivity contribution >= 4 is 12.1 Å². The van der Waals surface area contributed by atoms with E-state index in [-0.39, 0.29) is 12.1 Å². The van der Waals surface area contributed by atoms with Crippen molar-refractivity contribution in [1.29, 1.82) is 0 Å². The minimum absolute atomic E-state index is 0.0466. The van der Waals surface area contributed by atoms with Gasteiger partial charge >= 0.3 is 6.09 Å². The highest BCUT2D eigenvalue weighted by molar-refractivity contribution is 5.80. The second-order valence-corrected chi connectivity index (χ2v) is 7.99. The fraction of sp³-hybridized carbons (Fsp3) is 0.500. The predicted octanol–water partition coefficient (Wildman–Crippen LogP) is 1.94. The van der Waals surface area contributed by atoms with Crippen LogP contribution in [0.1, 0.15) is 32.8 Å². The smallest absolute Gasteiger partial charge is 0.407 e. The largest absolute Gasteiger partial charge is 0.444 e. The quantitative estimate of drug-likeness (QED) is 0.602. The number of carbonyl (C=O) groups excluding carboxylic acids is 1. The molecular weight excluding hydrogens is 370 g/mol. The predicted molar refractivity (Wildman–Crippen MR) is 111 cm³/mol. The first-order valence-corrected chi connectivity index (χ1v) is 9.73.